The number of carbonyl (C=O) groups excluding carboxylic acids is 1. The lowest BCUT2D eigenvalue weighted by molar-refractivity contribution is -0.384. The Balaban J connectivity index is 1.39. The standard InChI is InChI=1S/C26H28N4O6S/c1-19-6-9-23(10-7-19)37(34,35)29-14-12-28(13-15-29)18-20-4-3-5-21(16-20)26(31)27-24-17-22(30(32)33)8-11-25(24)36-2/h3-11,16-17H,12-15,18H2,1-2H3,(H,27,31). The van der Waals surface area contributed by atoms with Gasteiger partial charge < -0.3 is 10.1 Å². The minimum Gasteiger partial charge on any atom is -0.495 e. The van der Waals surface area contributed by atoms with E-state index in [4.69, 9.17) is 4.74 Å². The van der Waals surface area contributed by atoms with Gasteiger partial charge in [0.05, 0.1) is 22.6 Å². The minimum atomic E-state index is -3.54. The molecule has 0 aromatic heterocycles. The van der Waals surface area contributed by atoms with E-state index in [1.807, 2.05) is 13.0 Å². The second kappa shape index (κ2) is 11.1. The number of hydrogen-bond donors (Lipinski definition) is 1. The van der Waals surface area contributed by atoms with Gasteiger partial charge in [0.2, 0.25) is 10.0 Å². The third-order valence-corrected chi connectivity index (χ3v) is 8.14. The zero-order chi connectivity index (χ0) is 26.6. The Bertz CT molecular complexity index is 1400. The van der Waals surface area contributed by atoms with E-state index in [-0.39, 0.29) is 11.4 Å². The average Bonchev–Trinajstić information content (AvgIpc) is 2.89. The van der Waals surface area contributed by atoms with Crippen molar-refractivity contribution in [2.75, 3.05) is 38.6 Å². The molecule has 1 fully saturated rings. The van der Waals surface area contributed by atoms with Gasteiger partial charge in [0.1, 0.15) is 5.75 Å². The molecule has 3 aromatic rings. The molecule has 37 heavy (non-hydrogen) atoms. The van der Waals surface area contributed by atoms with Gasteiger partial charge in [-0.05, 0) is 42.8 Å². The van der Waals surface area contributed by atoms with Crippen LogP contribution in [0.1, 0.15) is 21.5 Å². The summed E-state index contributed by atoms with van der Waals surface area (Å²) in [5.74, 6) is -0.108. The molecule has 10 nitrogen and oxygen atoms in total. The summed E-state index contributed by atoms with van der Waals surface area (Å²) >= 11 is 0. The van der Waals surface area contributed by atoms with Crippen molar-refractivity contribution in [1.82, 2.24) is 9.21 Å². The average molecular weight is 525 g/mol. The summed E-state index contributed by atoms with van der Waals surface area (Å²) in [4.78, 5) is 25.9. The summed E-state index contributed by atoms with van der Waals surface area (Å²) in [5.41, 5.74) is 2.34. The summed E-state index contributed by atoms with van der Waals surface area (Å²) < 4.78 is 32.6. The first-order valence-corrected chi connectivity index (χ1v) is 13.1. The first-order valence-electron chi connectivity index (χ1n) is 11.7. The molecule has 1 N–H and O–H groups in total. The Labute approximate surface area is 215 Å². The van der Waals surface area contributed by atoms with Crippen LogP contribution in [-0.2, 0) is 16.6 Å². The van der Waals surface area contributed by atoms with Gasteiger partial charge in [0.15, 0.2) is 0 Å². The number of sulfonamides is 1. The van der Waals surface area contributed by atoms with Crippen molar-refractivity contribution in [3.05, 3.63) is 93.5 Å². The number of rotatable bonds is 8. The Hall–Kier alpha value is -3.80. The fraction of sp³-hybridized carbons (Fsp3) is 0.269. The van der Waals surface area contributed by atoms with E-state index in [9.17, 15) is 23.3 Å². The first kappa shape index (κ1) is 26.3. The highest BCUT2D eigenvalue weighted by Gasteiger charge is 2.28. The van der Waals surface area contributed by atoms with Gasteiger partial charge in [-0.1, -0.05) is 29.8 Å². The second-order valence-corrected chi connectivity index (χ2v) is 10.7. The van der Waals surface area contributed by atoms with E-state index in [1.54, 1.807) is 42.5 Å². The Morgan fingerprint density at radius 1 is 1.03 bits per heavy atom. The normalized spacial score (nSPS) is 14.8. The summed E-state index contributed by atoms with van der Waals surface area (Å²) in [7, 11) is -2.12. The molecule has 0 aliphatic carbocycles. The third-order valence-electron chi connectivity index (χ3n) is 6.23. The lowest BCUT2D eigenvalue weighted by Crippen LogP contribution is -2.48. The number of benzene rings is 3. The number of carbonyl (C=O) groups is 1. The molecule has 1 saturated heterocycles. The van der Waals surface area contributed by atoms with Crippen molar-refractivity contribution in [2.45, 2.75) is 18.4 Å². The molecule has 3 aromatic carbocycles. The Morgan fingerprint density at radius 2 is 1.73 bits per heavy atom. The Morgan fingerprint density at radius 3 is 2.38 bits per heavy atom. The van der Waals surface area contributed by atoms with Crippen LogP contribution in [0.4, 0.5) is 11.4 Å². The van der Waals surface area contributed by atoms with Gasteiger partial charge in [0, 0.05) is 50.4 Å². The van der Waals surface area contributed by atoms with E-state index >= 15 is 0 Å². The van der Waals surface area contributed by atoms with E-state index in [1.165, 1.54) is 29.6 Å². The molecule has 0 atom stereocenters. The van der Waals surface area contributed by atoms with Crippen molar-refractivity contribution in [3.63, 3.8) is 0 Å². The second-order valence-electron chi connectivity index (χ2n) is 8.79. The lowest BCUT2D eigenvalue weighted by atomic mass is 10.1. The van der Waals surface area contributed by atoms with Crippen LogP contribution in [0.25, 0.3) is 0 Å². The zero-order valence-electron chi connectivity index (χ0n) is 20.6. The molecule has 194 valence electrons. The lowest BCUT2D eigenvalue weighted by Gasteiger charge is -2.34. The van der Waals surface area contributed by atoms with Gasteiger partial charge in [-0.15, -0.1) is 0 Å². The molecule has 0 unspecified atom stereocenters. The fourth-order valence-corrected chi connectivity index (χ4v) is 5.58. The highest BCUT2D eigenvalue weighted by molar-refractivity contribution is 7.89. The number of non-ortho nitro benzene ring substituents is 1. The molecule has 0 radical (unpaired) electrons. The molecule has 1 heterocycles. The van der Waals surface area contributed by atoms with Crippen molar-refractivity contribution in [1.29, 1.82) is 0 Å². The van der Waals surface area contributed by atoms with E-state index in [0.717, 1.165) is 11.1 Å². The summed E-state index contributed by atoms with van der Waals surface area (Å²) in [5, 5.41) is 13.8. The van der Waals surface area contributed by atoms with Crippen LogP contribution < -0.4 is 10.1 Å². The largest absolute Gasteiger partial charge is 0.495 e. The zero-order valence-corrected chi connectivity index (χ0v) is 21.4. The summed E-state index contributed by atoms with van der Waals surface area (Å²) in [6, 6.07) is 17.9. The van der Waals surface area contributed by atoms with Gasteiger partial charge in [-0.25, -0.2) is 8.42 Å². The maximum atomic E-state index is 13.0. The maximum Gasteiger partial charge on any atom is 0.271 e. The smallest absolute Gasteiger partial charge is 0.271 e. The molecular weight excluding hydrogens is 496 g/mol. The van der Waals surface area contributed by atoms with Crippen LogP contribution in [0.3, 0.4) is 0 Å². The predicted molar refractivity (Wildman–Crippen MR) is 139 cm³/mol. The van der Waals surface area contributed by atoms with Crippen molar-refractivity contribution in [2.24, 2.45) is 0 Å². The Kier molecular flexibility index (Phi) is 7.86. The van der Waals surface area contributed by atoms with Gasteiger partial charge >= 0.3 is 0 Å². The van der Waals surface area contributed by atoms with Gasteiger partial charge in [-0.3, -0.25) is 19.8 Å². The number of ether oxygens (including phenoxy) is 1. The number of nitrogens with zero attached hydrogens (tertiary/aromatic N) is 3. The molecule has 1 aliphatic heterocycles. The summed E-state index contributed by atoms with van der Waals surface area (Å²) in [6.07, 6.45) is 0. The van der Waals surface area contributed by atoms with Gasteiger partial charge in [0.25, 0.3) is 11.6 Å². The number of nitro benzene ring substituents is 1. The van der Waals surface area contributed by atoms with Crippen LogP contribution in [0.15, 0.2) is 71.6 Å². The maximum absolute atomic E-state index is 13.0. The fourth-order valence-electron chi connectivity index (χ4n) is 4.16. The molecule has 11 heteroatoms. The van der Waals surface area contributed by atoms with Crippen LogP contribution >= 0.6 is 0 Å². The van der Waals surface area contributed by atoms with Crippen LogP contribution in [0, 0.1) is 17.0 Å². The topological polar surface area (TPSA) is 122 Å². The highest BCUT2D eigenvalue weighted by Crippen LogP contribution is 2.29. The van der Waals surface area contributed by atoms with Crippen LogP contribution in [0.5, 0.6) is 5.75 Å². The third kappa shape index (κ3) is 6.13. The number of anilines is 1. The molecular formula is C26H28N4O6S. The quantitative estimate of drug-likeness (QED) is 0.352. The molecule has 4 rings (SSSR count). The molecule has 0 spiro atoms. The van der Waals surface area contributed by atoms with Crippen LogP contribution in [0.2, 0.25) is 0 Å². The SMILES string of the molecule is COc1ccc([N+](=O)[O-])cc1NC(=O)c1cccc(CN2CCN(S(=O)(=O)c3ccc(C)cc3)CC2)c1. The summed E-state index contributed by atoms with van der Waals surface area (Å²) in [6.45, 7) is 4.35. The van der Waals surface area contributed by atoms with Crippen molar-refractivity contribution < 1.29 is 22.9 Å². The number of nitrogens with one attached hydrogen (secondary N) is 1. The van der Waals surface area contributed by atoms with E-state index in [0.29, 0.717) is 48.9 Å². The van der Waals surface area contributed by atoms with Crippen LogP contribution in [-0.4, -0.2) is 61.7 Å². The van der Waals surface area contributed by atoms with Gasteiger partial charge in [-0.2, -0.15) is 4.31 Å². The molecule has 0 bridgehead atoms. The number of methoxy groups -OCH3 is 1. The van der Waals surface area contributed by atoms with E-state index in [2.05, 4.69) is 10.2 Å². The predicted octanol–water partition coefficient (Wildman–Crippen LogP) is 3.67. The van der Waals surface area contributed by atoms with Crippen molar-refractivity contribution in [3.8, 4) is 5.75 Å². The highest BCUT2D eigenvalue weighted by atomic mass is 32.2. The van der Waals surface area contributed by atoms with E-state index < -0.39 is 20.9 Å². The number of aryl methyl sites for hydroxylation is 1. The first-order chi connectivity index (χ1) is 17.7. The number of nitro groups is 1. The molecule has 1 amide bonds. The number of hydrogen-bond acceptors (Lipinski definition) is 7. The monoisotopic (exact) mass is 524 g/mol. The number of amides is 1. The molecule has 0 saturated carbocycles. The number of piperazine rings is 1. The van der Waals surface area contributed by atoms with Crippen molar-refractivity contribution >= 4 is 27.3 Å². The molecule has 1 aliphatic rings. The minimum absolute atomic E-state index is 0.159.